The average Bonchev–Trinajstić information content (AvgIpc) is 3.03. The minimum atomic E-state index is 0.177. The zero-order valence-electron chi connectivity index (χ0n) is 16.2. The second-order valence-electron chi connectivity index (χ2n) is 10.9. The lowest BCUT2D eigenvalue weighted by Gasteiger charge is -2.62. The van der Waals surface area contributed by atoms with Gasteiger partial charge in [-0.05, 0) is 92.3 Å². The summed E-state index contributed by atoms with van der Waals surface area (Å²) in [4.78, 5) is 0. The standard InChI is InChI=1S/C22H38O/c1-19(2)11-6-12-20(3)16(19)10-14-21(4)17(20)8-9-18(21)22(5)13-7-15-23-22/h16-18H,6-15H2,1-5H3/t16-,17?,18-,20-,21+,22-/m0/s1. The highest BCUT2D eigenvalue weighted by Crippen LogP contribution is 2.71. The van der Waals surface area contributed by atoms with Crippen molar-refractivity contribution in [2.24, 2.45) is 34.0 Å². The van der Waals surface area contributed by atoms with E-state index in [0.29, 0.717) is 16.2 Å². The Labute approximate surface area is 143 Å². The van der Waals surface area contributed by atoms with Crippen molar-refractivity contribution in [3.63, 3.8) is 0 Å². The summed E-state index contributed by atoms with van der Waals surface area (Å²) < 4.78 is 6.35. The number of fused-ring (bicyclic) bond motifs is 3. The molecule has 1 nitrogen and oxygen atoms in total. The maximum absolute atomic E-state index is 6.35. The fraction of sp³-hybridized carbons (Fsp3) is 1.00. The Morgan fingerprint density at radius 2 is 1.35 bits per heavy atom. The van der Waals surface area contributed by atoms with Crippen LogP contribution < -0.4 is 0 Å². The van der Waals surface area contributed by atoms with Gasteiger partial charge in [0.05, 0.1) is 5.60 Å². The highest BCUT2D eigenvalue weighted by Gasteiger charge is 2.64. The maximum Gasteiger partial charge on any atom is 0.0688 e. The predicted octanol–water partition coefficient (Wildman–Crippen LogP) is 6.21. The Hall–Kier alpha value is -0.0400. The lowest BCUT2D eigenvalue weighted by Crippen LogP contribution is -2.56. The van der Waals surface area contributed by atoms with Crippen LogP contribution >= 0.6 is 0 Å². The monoisotopic (exact) mass is 318 g/mol. The first kappa shape index (κ1) is 16.4. The third-order valence-electron chi connectivity index (χ3n) is 9.37. The van der Waals surface area contributed by atoms with Crippen LogP contribution in [0.15, 0.2) is 0 Å². The number of hydrogen-bond acceptors (Lipinski definition) is 1. The van der Waals surface area contributed by atoms with Gasteiger partial charge in [-0.25, -0.2) is 0 Å². The molecule has 1 heteroatoms. The minimum absolute atomic E-state index is 0.177. The maximum atomic E-state index is 6.35. The van der Waals surface area contributed by atoms with Crippen LogP contribution in [-0.4, -0.2) is 12.2 Å². The van der Waals surface area contributed by atoms with Gasteiger partial charge in [-0.1, -0.05) is 34.1 Å². The lowest BCUT2D eigenvalue weighted by atomic mass is 9.43. The molecule has 4 aliphatic rings. The van der Waals surface area contributed by atoms with Gasteiger partial charge in [0.25, 0.3) is 0 Å². The van der Waals surface area contributed by atoms with Crippen LogP contribution in [0.4, 0.5) is 0 Å². The minimum Gasteiger partial charge on any atom is -0.375 e. The predicted molar refractivity (Wildman–Crippen MR) is 96.4 cm³/mol. The van der Waals surface area contributed by atoms with Crippen molar-refractivity contribution in [2.45, 2.75) is 98.0 Å². The molecule has 6 atom stereocenters. The summed E-state index contributed by atoms with van der Waals surface area (Å²) >= 11 is 0. The smallest absolute Gasteiger partial charge is 0.0688 e. The van der Waals surface area contributed by atoms with Crippen molar-refractivity contribution < 1.29 is 4.74 Å². The van der Waals surface area contributed by atoms with E-state index in [9.17, 15) is 0 Å². The van der Waals surface area contributed by atoms with E-state index in [1.165, 1.54) is 57.8 Å². The quantitative estimate of drug-likeness (QED) is 0.558. The molecule has 1 heterocycles. The Bertz CT molecular complexity index is 474. The van der Waals surface area contributed by atoms with E-state index < -0.39 is 0 Å². The number of rotatable bonds is 1. The summed E-state index contributed by atoms with van der Waals surface area (Å²) in [5.41, 5.74) is 1.84. The van der Waals surface area contributed by atoms with Crippen molar-refractivity contribution in [3.8, 4) is 0 Å². The van der Waals surface area contributed by atoms with Crippen LogP contribution in [0.1, 0.15) is 92.4 Å². The van der Waals surface area contributed by atoms with Gasteiger partial charge in [-0.2, -0.15) is 0 Å². The van der Waals surface area contributed by atoms with Gasteiger partial charge in [0.2, 0.25) is 0 Å². The summed E-state index contributed by atoms with van der Waals surface area (Å²) in [6.07, 6.45) is 12.7. The zero-order valence-corrected chi connectivity index (χ0v) is 16.2. The summed E-state index contributed by atoms with van der Waals surface area (Å²) in [6.45, 7) is 13.9. The fourth-order valence-electron chi connectivity index (χ4n) is 8.50. The molecule has 0 bridgehead atoms. The SMILES string of the molecule is CC1(C)CCC[C@]2(C)C3CC[C@H]([C@]4(C)CCCO4)[C@]3(C)CC[C@@H]12. The molecule has 4 rings (SSSR count). The Kier molecular flexibility index (Phi) is 3.57. The van der Waals surface area contributed by atoms with Gasteiger partial charge >= 0.3 is 0 Å². The normalized spacial score (nSPS) is 55.4. The number of ether oxygens (including phenoxy) is 1. The summed E-state index contributed by atoms with van der Waals surface area (Å²) in [6, 6.07) is 0. The molecule has 0 radical (unpaired) electrons. The highest BCUT2D eigenvalue weighted by molar-refractivity contribution is 5.14. The van der Waals surface area contributed by atoms with Crippen LogP contribution in [0.2, 0.25) is 0 Å². The van der Waals surface area contributed by atoms with Crippen LogP contribution in [0, 0.1) is 34.0 Å². The molecule has 23 heavy (non-hydrogen) atoms. The van der Waals surface area contributed by atoms with Gasteiger partial charge in [-0.15, -0.1) is 0 Å². The molecule has 1 unspecified atom stereocenters. The van der Waals surface area contributed by atoms with Crippen molar-refractivity contribution in [2.75, 3.05) is 6.61 Å². The van der Waals surface area contributed by atoms with Gasteiger partial charge in [0.1, 0.15) is 0 Å². The Morgan fingerprint density at radius 1 is 0.652 bits per heavy atom. The van der Waals surface area contributed by atoms with Crippen molar-refractivity contribution >= 4 is 0 Å². The van der Waals surface area contributed by atoms with E-state index in [1.54, 1.807) is 0 Å². The van der Waals surface area contributed by atoms with E-state index in [1.807, 2.05) is 0 Å². The second-order valence-corrected chi connectivity index (χ2v) is 10.9. The third kappa shape index (κ3) is 2.14. The first-order valence-electron chi connectivity index (χ1n) is 10.4. The average molecular weight is 319 g/mol. The number of hydrogen-bond donors (Lipinski definition) is 0. The molecule has 132 valence electrons. The topological polar surface area (TPSA) is 9.23 Å². The van der Waals surface area contributed by atoms with E-state index in [-0.39, 0.29) is 5.60 Å². The molecule has 4 fully saturated rings. The summed E-state index contributed by atoms with van der Waals surface area (Å²) in [5.74, 6) is 2.67. The van der Waals surface area contributed by atoms with Crippen LogP contribution in [0.3, 0.4) is 0 Å². The molecule has 0 aromatic rings. The molecular weight excluding hydrogens is 280 g/mol. The second kappa shape index (κ2) is 4.99. The van der Waals surface area contributed by atoms with Crippen molar-refractivity contribution in [1.82, 2.24) is 0 Å². The van der Waals surface area contributed by atoms with Crippen LogP contribution in [0.5, 0.6) is 0 Å². The molecule has 0 amide bonds. The van der Waals surface area contributed by atoms with Gasteiger partial charge in [0.15, 0.2) is 0 Å². The molecule has 0 aromatic heterocycles. The first-order valence-corrected chi connectivity index (χ1v) is 10.4. The van der Waals surface area contributed by atoms with E-state index in [4.69, 9.17) is 4.74 Å². The van der Waals surface area contributed by atoms with E-state index in [2.05, 4.69) is 34.6 Å². The molecule has 1 saturated heterocycles. The molecular formula is C22H38O. The lowest BCUT2D eigenvalue weighted by molar-refractivity contribution is -0.152. The molecule has 0 aromatic carbocycles. The van der Waals surface area contributed by atoms with Crippen LogP contribution in [0.25, 0.3) is 0 Å². The first-order chi connectivity index (χ1) is 10.7. The molecule has 0 N–H and O–H groups in total. The van der Waals surface area contributed by atoms with Crippen molar-refractivity contribution in [3.05, 3.63) is 0 Å². The summed E-state index contributed by atoms with van der Waals surface area (Å²) in [7, 11) is 0. The third-order valence-corrected chi connectivity index (χ3v) is 9.37. The Morgan fingerprint density at radius 3 is 2.04 bits per heavy atom. The molecule has 1 aliphatic heterocycles. The van der Waals surface area contributed by atoms with E-state index >= 15 is 0 Å². The summed E-state index contributed by atoms with van der Waals surface area (Å²) in [5, 5.41) is 0. The van der Waals surface area contributed by atoms with E-state index in [0.717, 1.165) is 24.4 Å². The molecule has 3 saturated carbocycles. The van der Waals surface area contributed by atoms with Crippen LogP contribution in [-0.2, 0) is 4.74 Å². The fourth-order valence-corrected chi connectivity index (χ4v) is 8.50. The van der Waals surface area contributed by atoms with Gasteiger partial charge in [-0.3, -0.25) is 0 Å². The largest absolute Gasteiger partial charge is 0.375 e. The van der Waals surface area contributed by atoms with Crippen molar-refractivity contribution in [1.29, 1.82) is 0 Å². The van der Waals surface area contributed by atoms with Gasteiger partial charge in [0, 0.05) is 6.61 Å². The molecule has 0 spiro atoms. The Balaban J connectivity index is 1.68. The molecule has 3 aliphatic carbocycles. The zero-order chi connectivity index (χ0) is 16.5. The highest BCUT2D eigenvalue weighted by atomic mass is 16.5. The van der Waals surface area contributed by atoms with Gasteiger partial charge < -0.3 is 4.74 Å².